The predicted molar refractivity (Wildman–Crippen MR) is 105 cm³/mol. The van der Waals surface area contributed by atoms with Gasteiger partial charge in [0.25, 0.3) is 0 Å². The summed E-state index contributed by atoms with van der Waals surface area (Å²) >= 11 is 0. The molecule has 0 bridgehead atoms. The fourth-order valence-electron chi connectivity index (χ4n) is 3.05. The average molecular weight is 389 g/mol. The number of rotatable bonds is 8. The second-order valence-corrected chi connectivity index (χ2v) is 6.44. The number of ether oxygens (including phenoxy) is 2. The molecule has 0 aliphatic carbocycles. The highest BCUT2D eigenvalue weighted by Crippen LogP contribution is 2.25. The van der Waals surface area contributed by atoms with Crippen LogP contribution >= 0.6 is 0 Å². The summed E-state index contributed by atoms with van der Waals surface area (Å²) in [6.45, 7) is 1.76. The first-order chi connectivity index (χ1) is 13.6. The Balaban J connectivity index is 1.54. The summed E-state index contributed by atoms with van der Waals surface area (Å²) in [7, 11) is 0. The second-order valence-electron chi connectivity index (χ2n) is 6.44. The van der Waals surface area contributed by atoms with E-state index in [1.165, 1.54) is 17.2 Å². The van der Waals surface area contributed by atoms with E-state index in [-0.39, 0.29) is 5.75 Å². The number of fused-ring (bicyclic) bond motifs is 1. The third-order valence-corrected chi connectivity index (χ3v) is 4.35. The van der Waals surface area contributed by atoms with Crippen LogP contribution in [0.4, 0.5) is 8.78 Å². The van der Waals surface area contributed by atoms with Crippen LogP contribution in [0.1, 0.15) is 23.6 Å². The lowest BCUT2D eigenvalue weighted by molar-refractivity contribution is -0.0498. The predicted octanol–water partition coefficient (Wildman–Crippen LogP) is 3.52. The molecule has 1 heterocycles. The quantitative estimate of drug-likeness (QED) is 0.536. The topological polar surface area (TPSA) is 54.9 Å². The van der Waals surface area contributed by atoms with Crippen molar-refractivity contribution in [1.29, 1.82) is 0 Å². The molecule has 28 heavy (non-hydrogen) atoms. The highest BCUT2D eigenvalue weighted by Gasteiger charge is 2.11. The molecule has 0 saturated carbocycles. The first-order valence-electron chi connectivity index (χ1n) is 9.44. The molecule has 0 aromatic heterocycles. The van der Waals surface area contributed by atoms with Gasteiger partial charge in [-0.25, -0.2) is 4.99 Å². The van der Waals surface area contributed by atoms with Crippen molar-refractivity contribution in [2.45, 2.75) is 32.9 Å². The normalized spacial score (nSPS) is 13.2. The minimum Gasteiger partial charge on any atom is -0.493 e. The molecule has 0 atom stereocenters. The molecule has 1 aliphatic heterocycles. The molecular weight excluding hydrogens is 364 g/mol. The van der Waals surface area contributed by atoms with Gasteiger partial charge >= 0.3 is 6.61 Å². The number of alkyl halides is 2. The summed E-state index contributed by atoms with van der Waals surface area (Å²) in [5.74, 6) is 1.82. The first kappa shape index (κ1) is 19.9. The van der Waals surface area contributed by atoms with Crippen molar-refractivity contribution in [1.82, 2.24) is 10.6 Å². The zero-order valence-electron chi connectivity index (χ0n) is 15.9. The van der Waals surface area contributed by atoms with Crippen LogP contribution < -0.4 is 20.1 Å². The third kappa shape index (κ3) is 5.84. The summed E-state index contributed by atoms with van der Waals surface area (Å²) in [5, 5.41) is 6.51. The summed E-state index contributed by atoms with van der Waals surface area (Å²) in [6, 6.07) is 12.9. The molecule has 0 unspecified atom stereocenters. The van der Waals surface area contributed by atoms with Crippen LogP contribution in [0.5, 0.6) is 11.5 Å². The maximum absolute atomic E-state index is 12.3. The number of hydrogen-bond acceptors (Lipinski definition) is 3. The Morgan fingerprint density at radius 3 is 2.89 bits per heavy atom. The minimum absolute atomic E-state index is 0.140. The van der Waals surface area contributed by atoms with Gasteiger partial charge in [-0.05, 0) is 48.2 Å². The molecule has 0 fully saturated rings. The molecule has 1 aliphatic rings. The fourth-order valence-corrected chi connectivity index (χ4v) is 3.05. The minimum atomic E-state index is -2.83. The summed E-state index contributed by atoms with van der Waals surface area (Å²) < 4.78 is 34.7. The van der Waals surface area contributed by atoms with Crippen molar-refractivity contribution in [3.05, 3.63) is 59.2 Å². The number of aliphatic imine (C=N–C) groups is 1. The number of benzene rings is 2. The van der Waals surface area contributed by atoms with E-state index in [1.54, 1.807) is 12.1 Å². The van der Waals surface area contributed by atoms with E-state index in [0.29, 0.717) is 12.5 Å². The Labute approximate surface area is 163 Å². The smallest absolute Gasteiger partial charge is 0.387 e. The zero-order chi connectivity index (χ0) is 19.8. The van der Waals surface area contributed by atoms with Crippen LogP contribution in [-0.2, 0) is 19.4 Å². The van der Waals surface area contributed by atoms with E-state index < -0.39 is 6.61 Å². The van der Waals surface area contributed by atoms with Gasteiger partial charge < -0.3 is 20.1 Å². The van der Waals surface area contributed by atoms with E-state index in [2.05, 4.69) is 32.5 Å². The second kappa shape index (κ2) is 9.92. The van der Waals surface area contributed by atoms with Gasteiger partial charge in [-0.1, -0.05) is 24.3 Å². The van der Waals surface area contributed by atoms with Crippen molar-refractivity contribution in [3.8, 4) is 11.5 Å². The molecule has 0 spiro atoms. The van der Waals surface area contributed by atoms with Crippen molar-refractivity contribution in [2.75, 3.05) is 19.7 Å². The largest absolute Gasteiger partial charge is 0.493 e. The standard InChI is InChI=1S/C21H25F2N3O2/c1-2-24-21(26-14-16-4-3-5-18(13-16)28-20(22)23)25-10-8-15-6-7-19-17(12-15)9-11-27-19/h3-7,12-13,20H,2,8-11,14H2,1H3,(H2,24,25,26). The van der Waals surface area contributed by atoms with E-state index in [1.807, 2.05) is 19.1 Å². The Kier molecular flexibility index (Phi) is 7.06. The Morgan fingerprint density at radius 2 is 2.07 bits per heavy atom. The van der Waals surface area contributed by atoms with Crippen LogP contribution in [0, 0.1) is 0 Å². The Bertz CT molecular complexity index is 812. The maximum Gasteiger partial charge on any atom is 0.387 e. The van der Waals surface area contributed by atoms with Gasteiger partial charge in [-0.3, -0.25) is 0 Å². The van der Waals surface area contributed by atoms with Crippen molar-refractivity contribution in [2.24, 2.45) is 4.99 Å². The number of nitrogens with one attached hydrogen (secondary N) is 2. The first-order valence-corrected chi connectivity index (χ1v) is 9.44. The maximum atomic E-state index is 12.3. The van der Waals surface area contributed by atoms with Crippen molar-refractivity contribution in [3.63, 3.8) is 0 Å². The lowest BCUT2D eigenvalue weighted by Crippen LogP contribution is -2.38. The summed E-state index contributed by atoms with van der Waals surface area (Å²) in [6.07, 6.45) is 1.84. The molecule has 150 valence electrons. The molecule has 5 nitrogen and oxygen atoms in total. The van der Waals surface area contributed by atoms with Crippen LogP contribution in [0.25, 0.3) is 0 Å². The highest BCUT2D eigenvalue weighted by atomic mass is 19.3. The Morgan fingerprint density at radius 1 is 1.18 bits per heavy atom. The average Bonchev–Trinajstić information content (AvgIpc) is 3.14. The molecule has 3 rings (SSSR count). The number of guanidine groups is 1. The van der Waals surface area contributed by atoms with E-state index >= 15 is 0 Å². The van der Waals surface area contributed by atoms with Crippen LogP contribution in [0.3, 0.4) is 0 Å². The van der Waals surface area contributed by atoms with E-state index in [9.17, 15) is 8.78 Å². The van der Waals surface area contributed by atoms with Gasteiger partial charge in [-0.2, -0.15) is 8.78 Å². The lowest BCUT2D eigenvalue weighted by Gasteiger charge is -2.12. The zero-order valence-corrected chi connectivity index (χ0v) is 15.9. The van der Waals surface area contributed by atoms with Gasteiger partial charge in [-0.15, -0.1) is 0 Å². The van der Waals surface area contributed by atoms with Crippen molar-refractivity contribution < 1.29 is 18.3 Å². The molecular formula is C21H25F2N3O2. The number of nitrogens with zero attached hydrogens (tertiary/aromatic N) is 1. The molecule has 0 radical (unpaired) electrons. The lowest BCUT2D eigenvalue weighted by atomic mass is 10.1. The summed E-state index contributed by atoms with van der Waals surface area (Å²) in [5.41, 5.74) is 3.32. The van der Waals surface area contributed by atoms with Crippen LogP contribution in [-0.4, -0.2) is 32.3 Å². The molecule has 2 N–H and O–H groups in total. The SMILES string of the molecule is CCNC(=NCc1cccc(OC(F)F)c1)NCCc1ccc2c(c1)CCO2. The molecule has 7 heteroatoms. The third-order valence-electron chi connectivity index (χ3n) is 4.35. The summed E-state index contributed by atoms with van der Waals surface area (Å²) in [4.78, 5) is 4.52. The van der Waals surface area contributed by atoms with Gasteiger partial charge in [0.15, 0.2) is 5.96 Å². The van der Waals surface area contributed by atoms with E-state index in [0.717, 1.165) is 43.9 Å². The molecule has 0 amide bonds. The van der Waals surface area contributed by atoms with Crippen LogP contribution in [0.2, 0.25) is 0 Å². The van der Waals surface area contributed by atoms with Crippen molar-refractivity contribution >= 4 is 5.96 Å². The highest BCUT2D eigenvalue weighted by molar-refractivity contribution is 5.79. The van der Waals surface area contributed by atoms with Gasteiger partial charge in [0, 0.05) is 19.5 Å². The van der Waals surface area contributed by atoms with Gasteiger partial charge in [0.1, 0.15) is 11.5 Å². The monoisotopic (exact) mass is 389 g/mol. The number of halogens is 2. The molecule has 2 aromatic carbocycles. The molecule has 2 aromatic rings. The van der Waals surface area contributed by atoms with Gasteiger partial charge in [0.05, 0.1) is 13.2 Å². The molecule has 0 saturated heterocycles. The fraction of sp³-hybridized carbons (Fsp3) is 0.381. The van der Waals surface area contributed by atoms with Gasteiger partial charge in [0.2, 0.25) is 0 Å². The number of hydrogen-bond donors (Lipinski definition) is 2. The van der Waals surface area contributed by atoms with E-state index in [4.69, 9.17) is 4.74 Å². The Hall–Kier alpha value is -2.83. The van der Waals surface area contributed by atoms with Crippen LogP contribution in [0.15, 0.2) is 47.5 Å².